The maximum atomic E-state index is 12.9. The van der Waals surface area contributed by atoms with E-state index in [2.05, 4.69) is 46.4 Å². The third-order valence-corrected chi connectivity index (χ3v) is 16.1. The predicted octanol–water partition coefficient (Wildman–Crippen LogP) is 21.0. The molecule has 0 fully saturated rings. The van der Waals surface area contributed by atoms with Gasteiger partial charge in [0.15, 0.2) is 0 Å². The van der Waals surface area contributed by atoms with Crippen molar-refractivity contribution in [3.8, 4) is 0 Å². The zero-order chi connectivity index (χ0) is 54.1. The van der Waals surface area contributed by atoms with Gasteiger partial charge in [0.2, 0.25) is 0 Å². The molecule has 440 valence electrons. The van der Waals surface area contributed by atoms with Crippen LogP contribution in [0.3, 0.4) is 0 Å². The second kappa shape index (κ2) is 59.0. The summed E-state index contributed by atoms with van der Waals surface area (Å²) >= 11 is 0. The van der Waals surface area contributed by atoms with E-state index in [1.54, 1.807) is 0 Å². The monoisotopic (exact) mass is 1050 g/mol. The largest absolute Gasteiger partial charge is 0.465 e. The van der Waals surface area contributed by atoms with Crippen LogP contribution in [0.25, 0.3) is 0 Å². The summed E-state index contributed by atoms with van der Waals surface area (Å²) in [5.41, 5.74) is 0. The Labute approximate surface area is 462 Å². The van der Waals surface area contributed by atoms with Gasteiger partial charge in [-0.25, -0.2) is 0 Å². The first-order valence-corrected chi connectivity index (χ1v) is 33.5. The minimum atomic E-state index is -0.0125. The molecule has 7 nitrogen and oxygen atoms in total. The maximum Gasteiger partial charge on any atom is 0.305 e. The Hall–Kier alpha value is -1.63. The summed E-state index contributed by atoms with van der Waals surface area (Å²) in [5.74, 6) is 1.50. The quantitative estimate of drug-likeness (QED) is 0.0341. The Kier molecular flexibility index (Phi) is 57.7. The highest BCUT2D eigenvalue weighted by Gasteiger charge is 2.16. The molecule has 7 heteroatoms. The van der Waals surface area contributed by atoms with E-state index in [0.29, 0.717) is 56.8 Å². The molecular formula is C67H131NO6. The van der Waals surface area contributed by atoms with Crippen LogP contribution in [0.2, 0.25) is 0 Å². The normalized spacial score (nSPS) is 12.9. The van der Waals surface area contributed by atoms with Crippen LogP contribution < -0.4 is 0 Å². The van der Waals surface area contributed by atoms with Gasteiger partial charge in [0.25, 0.3) is 0 Å². The Bertz CT molecular complexity index is 1100. The Morgan fingerprint density at radius 2 is 0.446 bits per heavy atom. The van der Waals surface area contributed by atoms with Gasteiger partial charge in [0.05, 0.1) is 19.8 Å². The Morgan fingerprint density at radius 1 is 0.257 bits per heavy atom. The van der Waals surface area contributed by atoms with Crippen molar-refractivity contribution in [1.29, 1.82) is 0 Å². The molecule has 0 heterocycles. The Morgan fingerprint density at radius 3 is 0.703 bits per heavy atom. The molecule has 0 N–H and O–H groups in total. The minimum absolute atomic E-state index is 0.00770. The van der Waals surface area contributed by atoms with Crippen LogP contribution in [0.15, 0.2) is 0 Å². The van der Waals surface area contributed by atoms with Crippen LogP contribution in [0.1, 0.15) is 356 Å². The summed E-state index contributed by atoms with van der Waals surface area (Å²) in [4.78, 5) is 41.3. The summed E-state index contributed by atoms with van der Waals surface area (Å²) < 4.78 is 17.7. The topological polar surface area (TPSA) is 82.1 Å². The van der Waals surface area contributed by atoms with E-state index in [4.69, 9.17) is 14.2 Å². The van der Waals surface area contributed by atoms with Crippen molar-refractivity contribution in [2.75, 3.05) is 39.5 Å². The van der Waals surface area contributed by atoms with Gasteiger partial charge >= 0.3 is 17.9 Å². The number of nitrogens with zero attached hydrogens (tertiary/aromatic N) is 1. The minimum Gasteiger partial charge on any atom is -0.465 e. The zero-order valence-electron chi connectivity index (χ0n) is 51.0. The summed E-state index contributed by atoms with van der Waals surface area (Å²) in [6, 6.07) is 0. The van der Waals surface area contributed by atoms with E-state index < -0.39 is 0 Å². The molecule has 74 heavy (non-hydrogen) atoms. The molecule has 0 aromatic rings. The average molecular weight is 1050 g/mol. The van der Waals surface area contributed by atoms with E-state index in [-0.39, 0.29) is 17.9 Å². The molecule has 0 amide bonds. The standard InChI is InChI=1S/C67H131NO6/c1-7-13-19-25-28-38-50-62(47-35-22-16-10-4)59-72-65(69)53-41-31-32-44-56-68(57-45-33-42-54-66(70)73-60-63(48-36-23-17-11-5)51-39-29-26-20-14-8-2)58-46-34-43-55-67(71)74-61-64(49-37-24-18-12-6)52-40-30-27-21-15-9-3/h62-64H,7-61H2,1-6H3. The molecule has 0 bridgehead atoms. The lowest BCUT2D eigenvalue weighted by atomic mass is 9.95. The first kappa shape index (κ1) is 72.4. The average Bonchev–Trinajstić information content (AvgIpc) is 3.40. The number of rotatable bonds is 61. The van der Waals surface area contributed by atoms with Crippen molar-refractivity contribution in [3.63, 3.8) is 0 Å². The molecule has 0 aromatic carbocycles. The number of hydrogen-bond donors (Lipinski definition) is 0. The highest BCUT2D eigenvalue weighted by Crippen LogP contribution is 2.23. The van der Waals surface area contributed by atoms with Gasteiger partial charge in [-0.1, -0.05) is 260 Å². The molecule has 3 atom stereocenters. The molecule has 0 aliphatic carbocycles. The van der Waals surface area contributed by atoms with Crippen LogP contribution >= 0.6 is 0 Å². The van der Waals surface area contributed by atoms with Gasteiger partial charge in [-0.3, -0.25) is 14.4 Å². The number of hydrogen-bond acceptors (Lipinski definition) is 7. The third kappa shape index (κ3) is 52.4. The van der Waals surface area contributed by atoms with Gasteiger partial charge in [0, 0.05) is 19.3 Å². The molecule has 0 spiro atoms. The van der Waals surface area contributed by atoms with Gasteiger partial charge in [-0.15, -0.1) is 0 Å². The molecule has 0 aliphatic heterocycles. The number of carbonyl (C=O) groups is 3. The molecule has 0 aromatic heterocycles. The molecule has 0 rings (SSSR count). The molecule has 0 aliphatic rings. The van der Waals surface area contributed by atoms with Crippen molar-refractivity contribution >= 4 is 17.9 Å². The highest BCUT2D eigenvalue weighted by atomic mass is 16.5. The molecular weight excluding hydrogens is 915 g/mol. The lowest BCUT2D eigenvalue weighted by molar-refractivity contribution is -0.146. The van der Waals surface area contributed by atoms with Crippen molar-refractivity contribution in [1.82, 2.24) is 4.90 Å². The number of esters is 3. The van der Waals surface area contributed by atoms with Gasteiger partial charge in [-0.05, 0) is 114 Å². The Balaban J connectivity index is 5.04. The summed E-state index contributed by atoms with van der Waals surface area (Å²) in [6.07, 6.45) is 57.9. The van der Waals surface area contributed by atoms with Crippen LogP contribution in [0, 0.1) is 17.8 Å². The summed E-state index contributed by atoms with van der Waals surface area (Å²) in [7, 11) is 0. The van der Waals surface area contributed by atoms with E-state index in [1.165, 1.54) is 231 Å². The fourth-order valence-corrected chi connectivity index (χ4v) is 10.9. The number of carbonyl (C=O) groups excluding carboxylic acids is 3. The van der Waals surface area contributed by atoms with Gasteiger partial charge < -0.3 is 19.1 Å². The van der Waals surface area contributed by atoms with Crippen molar-refractivity contribution < 1.29 is 28.6 Å². The van der Waals surface area contributed by atoms with Gasteiger partial charge in [0.1, 0.15) is 0 Å². The van der Waals surface area contributed by atoms with E-state index in [0.717, 1.165) is 83.8 Å². The SMILES string of the molecule is CCCCCCCCC(CCCCCC)COC(=O)CCCCCCN(CCCCCC(=O)OCC(CCCCCC)CCCCCCCC)CCCCCC(=O)OCC(CCCCCC)CCCCCCCC. The molecule has 0 saturated carbocycles. The predicted molar refractivity (Wildman–Crippen MR) is 320 cm³/mol. The zero-order valence-corrected chi connectivity index (χ0v) is 51.0. The first-order chi connectivity index (χ1) is 36.3. The van der Waals surface area contributed by atoms with Crippen molar-refractivity contribution in [2.45, 2.75) is 356 Å². The van der Waals surface area contributed by atoms with E-state index >= 15 is 0 Å². The number of unbranched alkanes of at least 4 members (excludes halogenated alkanes) is 31. The van der Waals surface area contributed by atoms with E-state index in [1.807, 2.05) is 0 Å². The van der Waals surface area contributed by atoms with Crippen molar-refractivity contribution in [3.05, 3.63) is 0 Å². The lowest BCUT2D eigenvalue weighted by Crippen LogP contribution is -2.27. The molecule has 0 saturated heterocycles. The highest BCUT2D eigenvalue weighted by molar-refractivity contribution is 5.69. The lowest BCUT2D eigenvalue weighted by Gasteiger charge is -2.22. The first-order valence-electron chi connectivity index (χ1n) is 33.5. The number of ether oxygens (including phenoxy) is 3. The van der Waals surface area contributed by atoms with Crippen LogP contribution in [0.4, 0.5) is 0 Å². The second-order valence-corrected chi connectivity index (χ2v) is 23.5. The van der Waals surface area contributed by atoms with Crippen molar-refractivity contribution in [2.24, 2.45) is 17.8 Å². The molecule has 3 unspecified atom stereocenters. The summed E-state index contributed by atoms with van der Waals surface area (Å²) in [5, 5.41) is 0. The summed E-state index contributed by atoms with van der Waals surface area (Å²) in [6.45, 7) is 18.6. The smallest absolute Gasteiger partial charge is 0.305 e. The van der Waals surface area contributed by atoms with Crippen LogP contribution in [0.5, 0.6) is 0 Å². The molecule has 0 radical (unpaired) electrons. The van der Waals surface area contributed by atoms with E-state index in [9.17, 15) is 14.4 Å². The second-order valence-electron chi connectivity index (χ2n) is 23.5. The van der Waals surface area contributed by atoms with Gasteiger partial charge in [-0.2, -0.15) is 0 Å². The van der Waals surface area contributed by atoms with Crippen LogP contribution in [-0.2, 0) is 28.6 Å². The third-order valence-electron chi connectivity index (χ3n) is 16.1. The van der Waals surface area contributed by atoms with Crippen LogP contribution in [-0.4, -0.2) is 62.3 Å². The maximum absolute atomic E-state index is 12.9. The fourth-order valence-electron chi connectivity index (χ4n) is 10.9. The fraction of sp³-hybridized carbons (Fsp3) is 0.955.